The average Bonchev–Trinajstić information content (AvgIpc) is 2.19. The molecule has 0 heterocycles. The molecule has 0 aromatic heterocycles. The zero-order chi connectivity index (χ0) is 13.3. The van der Waals surface area contributed by atoms with E-state index in [1.54, 1.807) is 12.1 Å². The van der Waals surface area contributed by atoms with E-state index in [0.29, 0.717) is 6.42 Å². The quantitative estimate of drug-likeness (QED) is 0.556. The first kappa shape index (κ1) is 24.9. The maximum absolute atomic E-state index is 12.4. The van der Waals surface area contributed by atoms with Crippen LogP contribution in [0.5, 0.6) is 0 Å². The van der Waals surface area contributed by atoms with Crippen LogP contribution in [0.2, 0.25) is 0 Å². The van der Waals surface area contributed by atoms with Crippen LogP contribution in [0.15, 0.2) is 24.3 Å². The molecule has 0 atom stereocenters. The Bertz CT molecular complexity index is 371. The van der Waals surface area contributed by atoms with Crippen LogP contribution in [0.4, 0.5) is 14.0 Å². The molecule has 1 amide bonds. The first-order valence-corrected chi connectivity index (χ1v) is 4.46. The van der Waals surface area contributed by atoms with Gasteiger partial charge in [-0.15, -0.1) is 0 Å². The molecule has 9 heteroatoms. The van der Waals surface area contributed by atoms with E-state index in [1.807, 2.05) is 0 Å². The number of hydrogen-bond donors (Lipinski definition) is 1. The summed E-state index contributed by atoms with van der Waals surface area (Å²) in [6.45, 7) is 0.223. The van der Waals surface area contributed by atoms with E-state index < -0.39 is 12.2 Å². The maximum atomic E-state index is 12.4. The van der Waals surface area contributed by atoms with Crippen LogP contribution in [0, 0.1) is 5.82 Å². The third-order valence-corrected chi connectivity index (χ3v) is 1.55. The molecule has 1 aromatic carbocycles. The Morgan fingerprint density at radius 3 is 1.95 bits per heavy atom. The second-order valence-corrected chi connectivity index (χ2v) is 2.79. The number of carbonyl (C=O) groups is 2. The van der Waals surface area contributed by atoms with Gasteiger partial charge in [-0.05, 0) is 23.9 Å². The summed E-state index contributed by atoms with van der Waals surface area (Å²) < 4.78 is 17.0. The van der Waals surface area contributed by atoms with Gasteiger partial charge >= 0.3 is 109 Å². The smallest absolute Gasteiger partial charge is 0.652 e. The molecule has 0 aliphatic rings. The second-order valence-electron chi connectivity index (χ2n) is 2.79. The van der Waals surface area contributed by atoms with Crippen molar-refractivity contribution in [2.75, 3.05) is 6.61 Å². The summed E-state index contributed by atoms with van der Waals surface area (Å²) in [5.41, 5.74) is 5.66. The van der Waals surface area contributed by atoms with Crippen molar-refractivity contribution in [3.8, 4) is 0 Å². The van der Waals surface area contributed by atoms with Gasteiger partial charge in [0.25, 0.3) is 0 Å². The molecule has 0 unspecified atom stereocenters. The molecule has 2 N–H and O–H groups in total. The molecule has 0 spiro atoms. The third kappa shape index (κ3) is 19.0. The molecule has 0 bridgehead atoms. The zero-order valence-corrected chi connectivity index (χ0v) is 17.0. The van der Waals surface area contributed by atoms with E-state index in [9.17, 15) is 9.18 Å². The molecular formula is C10H10FK2NO5. The van der Waals surface area contributed by atoms with Crippen LogP contribution in [0.3, 0.4) is 0 Å². The van der Waals surface area contributed by atoms with Crippen molar-refractivity contribution >= 4 is 12.2 Å². The van der Waals surface area contributed by atoms with Crippen molar-refractivity contribution in [1.82, 2.24) is 0 Å². The average molecular weight is 321 g/mol. The molecule has 0 radical (unpaired) electrons. The van der Waals surface area contributed by atoms with Crippen molar-refractivity contribution in [1.29, 1.82) is 0 Å². The molecule has 0 saturated heterocycles. The van der Waals surface area contributed by atoms with E-state index in [-0.39, 0.29) is 115 Å². The van der Waals surface area contributed by atoms with Crippen molar-refractivity contribution in [3.63, 3.8) is 0 Å². The predicted octanol–water partition coefficient (Wildman–Crippen LogP) is -6.98. The number of amides is 1. The fourth-order valence-electron chi connectivity index (χ4n) is 0.921. The Kier molecular flexibility index (Phi) is 20.2. The standard InChI is InChI=1S/C9H10FNO2.CH2O3.2K/c10-8-3-1-7(2-4-8)5-6-13-9(11)12;2-1(3)4;;/h1-4H,5-6H2,(H2,11,12);(H2,2,3,4);;/q;;2*+1/p-2. The Balaban J connectivity index is -0.000000379. The number of primary amides is 1. The predicted molar refractivity (Wildman–Crippen MR) is 51.0 cm³/mol. The maximum Gasteiger partial charge on any atom is 1.00 e. The first-order chi connectivity index (χ1) is 7.91. The van der Waals surface area contributed by atoms with E-state index in [2.05, 4.69) is 4.74 Å². The molecule has 1 aromatic rings. The van der Waals surface area contributed by atoms with Gasteiger partial charge in [-0.25, -0.2) is 9.18 Å². The van der Waals surface area contributed by atoms with Gasteiger partial charge in [-0.2, -0.15) is 0 Å². The van der Waals surface area contributed by atoms with E-state index in [1.165, 1.54) is 12.1 Å². The number of rotatable bonds is 3. The van der Waals surface area contributed by atoms with Gasteiger partial charge < -0.3 is 25.5 Å². The summed E-state index contributed by atoms with van der Waals surface area (Å²) in [6.07, 6.45) is -2.58. The first-order valence-electron chi connectivity index (χ1n) is 4.46. The topological polar surface area (TPSA) is 116 Å². The minimum Gasteiger partial charge on any atom is -0.652 e. The van der Waals surface area contributed by atoms with Gasteiger partial charge in [0.05, 0.1) is 6.61 Å². The second kappa shape index (κ2) is 15.4. The third-order valence-electron chi connectivity index (χ3n) is 1.55. The summed E-state index contributed by atoms with van der Waals surface area (Å²) in [5.74, 6) is -0.278. The Morgan fingerprint density at radius 1 is 1.16 bits per heavy atom. The summed E-state index contributed by atoms with van der Waals surface area (Å²) in [4.78, 5) is 18.5. The van der Waals surface area contributed by atoms with Crippen LogP contribution in [-0.4, -0.2) is 18.9 Å². The number of nitrogens with two attached hydrogens (primary N) is 1. The molecule has 0 saturated carbocycles. The minimum atomic E-state index is -2.33. The number of benzene rings is 1. The molecule has 0 aliphatic carbocycles. The largest absolute Gasteiger partial charge is 1.00 e. The summed E-state index contributed by atoms with van der Waals surface area (Å²) in [5, 5.41) is 16.7. The van der Waals surface area contributed by atoms with Gasteiger partial charge in [0.1, 0.15) is 5.82 Å². The number of hydrogen-bond acceptors (Lipinski definition) is 5. The van der Waals surface area contributed by atoms with Gasteiger partial charge in [-0.3, -0.25) is 0 Å². The molecule has 1 rings (SSSR count). The molecule has 0 aliphatic heterocycles. The normalized spacial score (nSPS) is 7.84. The van der Waals surface area contributed by atoms with Gasteiger partial charge in [0.15, 0.2) is 0 Å². The molecule has 19 heavy (non-hydrogen) atoms. The summed E-state index contributed by atoms with van der Waals surface area (Å²) >= 11 is 0. The SMILES string of the molecule is NC(=O)OCCc1ccc(F)cc1.O=C([O-])[O-].[K+].[K+]. The van der Waals surface area contributed by atoms with E-state index in [4.69, 9.17) is 20.7 Å². The number of carbonyl (C=O) groups excluding carboxylic acids is 2. The summed E-state index contributed by atoms with van der Waals surface area (Å²) in [6, 6.07) is 6.00. The van der Waals surface area contributed by atoms with Crippen molar-refractivity contribution in [3.05, 3.63) is 35.6 Å². The van der Waals surface area contributed by atoms with Gasteiger partial charge in [0, 0.05) is 6.42 Å². The van der Waals surface area contributed by atoms with Gasteiger partial charge in [-0.1, -0.05) is 12.1 Å². The molecule has 94 valence electrons. The Labute approximate surface area is 194 Å². The van der Waals surface area contributed by atoms with Crippen molar-refractivity contribution < 1.29 is 132 Å². The fraction of sp³-hybridized carbons (Fsp3) is 0.200. The zero-order valence-electron chi connectivity index (χ0n) is 10.7. The number of carboxylic acid groups (broad SMARTS) is 2. The molecular weight excluding hydrogens is 311 g/mol. The Hall–Kier alpha value is 0.963. The monoisotopic (exact) mass is 321 g/mol. The van der Waals surface area contributed by atoms with Crippen LogP contribution in [0.1, 0.15) is 5.56 Å². The molecule has 6 nitrogen and oxygen atoms in total. The van der Waals surface area contributed by atoms with E-state index in [0.717, 1.165) is 5.56 Å². The van der Waals surface area contributed by atoms with Gasteiger partial charge in [0.2, 0.25) is 0 Å². The molecule has 0 fully saturated rings. The number of halogens is 1. The van der Waals surface area contributed by atoms with Crippen LogP contribution in [0.25, 0.3) is 0 Å². The van der Waals surface area contributed by atoms with Crippen molar-refractivity contribution in [2.24, 2.45) is 5.73 Å². The van der Waals surface area contributed by atoms with Crippen LogP contribution >= 0.6 is 0 Å². The van der Waals surface area contributed by atoms with Crippen molar-refractivity contribution in [2.45, 2.75) is 6.42 Å². The fourth-order valence-corrected chi connectivity index (χ4v) is 0.921. The van der Waals surface area contributed by atoms with E-state index >= 15 is 0 Å². The number of ether oxygens (including phenoxy) is 1. The summed E-state index contributed by atoms with van der Waals surface area (Å²) in [7, 11) is 0. The Morgan fingerprint density at radius 2 is 1.58 bits per heavy atom. The van der Waals surface area contributed by atoms with Crippen LogP contribution in [-0.2, 0) is 11.2 Å². The minimum absolute atomic E-state index is 0. The van der Waals surface area contributed by atoms with Crippen LogP contribution < -0.4 is 119 Å².